The number of carbonyl (C=O) groups is 1. The van der Waals surface area contributed by atoms with Crippen LogP contribution in [0.25, 0.3) is 11.1 Å². The summed E-state index contributed by atoms with van der Waals surface area (Å²) in [5.41, 5.74) is 3.28. The van der Waals surface area contributed by atoms with Crippen LogP contribution in [0.15, 0.2) is 70.4 Å². The second-order valence-corrected chi connectivity index (χ2v) is 11.1. The number of ether oxygens (including phenoxy) is 1. The van der Waals surface area contributed by atoms with Gasteiger partial charge in [0.2, 0.25) is 15.9 Å². The van der Waals surface area contributed by atoms with Gasteiger partial charge in [-0.2, -0.15) is 4.31 Å². The quantitative estimate of drug-likeness (QED) is 0.588. The van der Waals surface area contributed by atoms with Gasteiger partial charge in [0, 0.05) is 55.5 Å². The van der Waals surface area contributed by atoms with Crippen molar-refractivity contribution in [2.45, 2.75) is 30.7 Å². The number of methoxy groups -OCH3 is 1. The number of benzene rings is 2. The van der Waals surface area contributed by atoms with Crippen molar-refractivity contribution in [2.24, 2.45) is 5.92 Å². The number of aromatic nitrogens is 1. The van der Waals surface area contributed by atoms with E-state index < -0.39 is 10.0 Å². The third kappa shape index (κ3) is 4.37. The summed E-state index contributed by atoms with van der Waals surface area (Å²) in [5.74, 6) is 0.488. The van der Waals surface area contributed by atoms with E-state index in [0.29, 0.717) is 25.3 Å². The maximum atomic E-state index is 13.5. The van der Waals surface area contributed by atoms with E-state index in [9.17, 15) is 18.0 Å². The van der Waals surface area contributed by atoms with Crippen molar-refractivity contribution >= 4 is 21.6 Å². The van der Waals surface area contributed by atoms with E-state index in [1.165, 1.54) is 23.4 Å². The number of sulfonamides is 1. The summed E-state index contributed by atoms with van der Waals surface area (Å²) in [4.78, 5) is 24.2. The molecule has 2 aliphatic heterocycles. The normalized spacial score (nSPS) is 19.6. The monoisotopic (exact) mass is 493 g/mol. The molecule has 3 heterocycles. The molecule has 35 heavy (non-hydrogen) atoms. The first-order valence-electron chi connectivity index (χ1n) is 11.5. The van der Waals surface area contributed by atoms with Crippen LogP contribution in [-0.2, 0) is 21.4 Å². The molecular formula is C26H27N3O5S. The lowest BCUT2D eigenvalue weighted by Gasteiger charge is -2.42. The Bertz CT molecular complexity index is 1430. The number of fused-ring (bicyclic) bond motifs is 4. The highest BCUT2D eigenvalue weighted by molar-refractivity contribution is 7.89. The van der Waals surface area contributed by atoms with Gasteiger partial charge >= 0.3 is 0 Å². The maximum absolute atomic E-state index is 13.5. The molecular weight excluding hydrogens is 466 g/mol. The zero-order chi connectivity index (χ0) is 24.7. The molecule has 2 aromatic carbocycles. The summed E-state index contributed by atoms with van der Waals surface area (Å²) in [6.45, 7) is 2.56. The van der Waals surface area contributed by atoms with Gasteiger partial charge in [-0.25, -0.2) is 8.42 Å². The smallest absolute Gasteiger partial charge is 0.250 e. The number of amides is 1. The van der Waals surface area contributed by atoms with Gasteiger partial charge in [0.25, 0.3) is 5.56 Å². The summed E-state index contributed by atoms with van der Waals surface area (Å²) in [7, 11) is -2.12. The lowest BCUT2D eigenvalue weighted by Crippen LogP contribution is -2.49. The largest absolute Gasteiger partial charge is 0.497 e. The highest BCUT2D eigenvalue weighted by Crippen LogP contribution is 2.41. The number of hydrogen-bond donors (Lipinski definition) is 1. The van der Waals surface area contributed by atoms with Crippen molar-refractivity contribution in [1.29, 1.82) is 0 Å². The Hall–Kier alpha value is -3.43. The highest BCUT2D eigenvalue weighted by atomic mass is 32.2. The van der Waals surface area contributed by atoms with Crippen LogP contribution in [0.3, 0.4) is 0 Å². The second-order valence-electron chi connectivity index (χ2n) is 9.14. The highest BCUT2D eigenvalue weighted by Gasteiger charge is 2.40. The van der Waals surface area contributed by atoms with E-state index in [-0.39, 0.29) is 28.2 Å². The predicted molar refractivity (Wildman–Crippen MR) is 133 cm³/mol. The molecule has 1 fully saturated rings. The van der Waals surface area contributed by atoms with Gasteiger partial charge in [-0.1, -0.05) is 12.1 Å². The minimum absolute atomic E-state index is 0.0542. The SMILES string of the molecule is COc1ccc(-c2ccc(=O)n3c2C2CC(CN(S(=O)(=O)c4ccc(NC(C)=O)cc4)C2)C3)cc1. The van der Waals surface area contributed by atoms with Crippen LogP contribution >= 0.6 is 0 Å². The molecule has 3 aromatic rings. The minimum Gasteiger partial charge on any atom is -0.497 e. The van der Waals surface area contributed by atoms with Crippen LogP contribution in [0.4, 0.5) is 5.69 Å². The zero-order valence-electron chi connectivity index (χ0n) is 19.6. The number of nitrogens with zero attached hydrogens (tertiary/aromatic N) is 2. The van der Waals surface area contributed by atoms with Crippen molar-refractivity contribution < 1.29 is 17.9 Å². The molecule has 0 saturated carbocycles. The number of nitrogens with one attached hydrogen (secondary N) is 1. The first-order valence-corrected chi connectivity index (χ1v) is 13.0. The van der Waals surface area contributed by atoms with Crippen LogP contribution in [0, 0.1) is 5.92 Å². The Morgan fingerprint density at radius 2 is 1.69 bits per heavy atom. The van der Waals surface area contributed by atoms with Crippen molar-refractivity contribution in [1.82, 2.24) is 8.87 Å². The topological polar surface area (TPSA) is 97.7 Å². The summed E-state index contributed by atoms with van der Waals surface area (Å²) < 4.78 is 35.7. The Labute approximate surface area is 204 Å². The Kier molecular flexibility index (Phi) is 5.98. The second kappa shape index (κ2) is 8.98. The maximum Gasteiger partial charge on any atom is 0.250 e. The van der Waals surface area contributed by atoms with Gasteiger partial charge in [-0.3, -0.25) is 9.59 Å². The molecule has 9 heteroatoms. The fourth-order valence-electron chi connectivity index (χ4n) is 5.24. The van der Waals surface area contributed by atoms with E-state index in [1.807, 2.05) is 34.9 Å². The summed E-state index contributed by atoms with van der Waals surface area (Å²) in [6.07, 6.45) is 0.833. The van der Waals surface area contributed by atoms with Crippen LogP contribution in [0.1, 0.15) is 25.0 Å². The standard InChI is InChI=1S/C26H27N3O5S/c1-17(30)27-21-5-9-23(10-6-21)35(32,33)28-14-18-13-20(16-28)26-24(11-12-25(31)29(26)15-18)19-3-7-22(34-2)8-4-19/h3-12,18,20H,13-16H2,1-2H3,(H,27,30). The molecule has 2 bridgehead atoms. The van der Waals surface area contributed by atoms with E-state index >= 15 is 0 Å². The summed E-state index contributed by atoms with van der Waals surface area (Å²) >= 11 is 0. The van der Waals surface area contributed by atoms with Crippen molar-refractivity contribution in [3.63, 3.8) is 0 Å². The third-order valence-electron chi connectivity index (χ3n) is 6.77. The molecule has 182 valence electrons. The molecule has 5 rings (SSSR count). The van der Waals surface area contributed by atoms with Crippen LogP contribution in [-0.4, -0.2) is 43.4 Å². The fourth-order valence-corrected chi connectivity index (χ4v) is 6.81. The first-order chi connectivity index (χ1) is 16.8. The van der Waals surface area contributed by atoms with Gasteiger partial charge in [0.15, 0.2) is 0 Å². The Balaban J connectivity index is 1.49. The molecule has 2 aliphatic rings. The predicted octanol–water partition coefficient (Wildman–Crippen LogP) is 3.29. The summed E-state index contributed by atoms with van der Waals surface area (Å²) in [6, 6.07) is 17.3. The molecule has 2 unspecified atom stereocenters. The van der Waals surface area contributed by atoms with E-state index in [2.05, 4.69) is 5.32 Å². The summed E-state index contributed by atoms with van der Waals surface area (Å²) in [5, 5.41) is 2.65. The van der Waals surface area contributed by atoms with Gasteiger partial charge < -0.3 is 14.6 Å². The van der Waals surface area contributed by atoms with Crippen LogP contribution in [0.5, 0.6) is 5.75 Å². The third-order valence-corrected chi connectivity index (χ3v) is 8.62. The lowest BCUT2D eigenvalue weighted by atomic mass is 9.81. The molecule has 8 nitrogen and oxygen atoms in total. The molecule has 2 atom stereocenters. The van der Waals surface area contributed by atoms with Crippen molar-refractivity contribution in [3.05, 3.63) is 76.7 Å². The van der Waals surface area contributed by atoms with E-state index in [4.69, 9.17) is 4.74 Å². The van der Waals surface area contributed by atoms with Gasteiger partial charge in [-0.15, -0.1) is 0 Å². The number of carbonyl (C=O) groups excluding carboxylic acids is 1. The van der Waals surface area contributed by atoms with Gasteiger partial charge in [-0.05, 0) is 60.4 Å². The first kappa shape index (κ1) is 23.3. The Morgan fingerprint density at radius 3 is 2.34 bits per heavy atom. The van der Waals surface area contributed by atoms with Crippen LogP contribution < -0.4 is 15.6 Å². The van der Waals surface area contributed by atoms with Gasteiger partial charge in [0.1, 0.15) is 5.75 Å². The average molecular weight is 494 g/mol. The van der Waals surface area contributed by atoms with Gasteiger partial charge in [0.05, 0.1) is 12.0 Å². The molecule has 1 saturated heterocycles. The van der Waals surface area contributed by atoms with Crippen molar-refractivity contribution in [2.75, 3.05) is 25.5 Å². The fraction of sp³-hybridized carbons (Fsp3) is 0.308. The molecule has 0 spiro atoms. The lowest BCUT2D eigenvalue weighted by molar-refractivity contribution is -0.114. The molecule has 1 N–H and O–H groups in total. The molecule has 1 amide bonds. The zero-order valence-corrected chi connectivity index (χ0v) is 20.4. The number of piperidine rings is 1. The number of hydrogen-bond acceptors (Lipinski definition) is 5. The van der Waals surface area contributed by atoms with Crippen LogP contribution in [0.2, 0.25) is 0 Å². The molecule has 0 aliphatic carbocycles. The van der Waals surface area contributed by atoms with E-state index in [0.717, 1.165) is 29.0 Å². The minimum atomic E-state index is -3.73. The van der Waals surface area contributed by atoms with Crippen molar-refractivity contribution in [3.8, 4) is 16.9 Å². The number of anilines is 1. The average Bonchev–Trinajstić information content (AvgIpc) is 2.84. The molecule has 0 radical (unpaired) electrons. The Morgan fingerprint density at radius 1 is 0.971 bits per heavy atom. The number of pyridine rings is 1. The van der Waals surface area contributed by atoms with E-state index in [1.54, 1.807) is 25.3 Å². The number of rotatable bonds is 5. The molecule has 1 aromatic heterocycles.